The number of ether oxygens (including phenoxy) is 1. The summed E-state index contributed by atoms with van der Waals surface area (Å²) >= 11 is 0. The van der Waals surface area contributed by atoms with E-state index in [2.05, 4.69) is 0 Å². The highest BCUT2D eigenvalue weighted by Gasteiger charge is 2.26. The molecule has 1 saturated carbocycles. The summed E-state index contributed by atoms with van der Waals surface area (Å²) in [5.74, 6) is 1.05. The van der Waals surface area contributed by atoms with Crippen LogP contribution < -0.4 is 4.74 Å². The summed E-state index contributed by atoms with van der Waals surface area (Å²) in [5, 5.41) is 0. The van der Waals surface area contributed by atoms with Crippen LogP contribution in [0.2, 0.25) is 0 Å². The average molecular weight is 344 g/mol. The average Bonchev–Trinajstić information content (AvgIpc) is 3.14. The molecule has 2 amide bonds. The Hall–Kier alpha value is -2.04. The first-order valence-corrected chi connectivity index (χ1v) is 9.39. The smallest absolute Gasteiger partial charge is 0.253 e. The monoisotopic (exact) mass is 344 g/mol. The van der Waals surface area contributed by atoms with Crippen LogP contribution >= 0.6 is 0 Å². The Bertz CT molecular complexity index is 598. The maximum atomic E-state index is 12.6. The van der Waals surface area contributed by atoms with Gasteiger partial charge in [0.1, 0.15) is 5.75 Å². The number of carbonyl (C=O) groups is 2. The molecule has 25 heavy (non-hydrogen) atoms. The fraction of sp³-hybridized carbons (Fsp3) is 0.600. The topological polar surface area (TPSA) is 49.9 Å². The van der Waals surface area contributed by atoms with Crippen molar-refractivity contribution in [3.8, 4) is 5.75 Å². The number of carbonyl (C=O) groups excluding carboxylic acids is 2. The van der Waals surface area contributed by atoms with Crippen LogP contribution in [0.3, 0.4) is 0 Å². The van der Waals surface area contributed by atoms with Crippen molar-refractivity contribution < 1.29 is 14.3 Å². The Morgan fingerprint density at radius 1 is 0.960 bits per heavy atom. The summed E-state index contributed by atoms with van der Waals surface area (Å²) in [6.45, 7) is 6.25. The quantitative estimate of drug-likeness (QED) is 0.844. The van der Waals surface area contributed by atoms with E-state index in [0.29, 0.717) is 37.8 Å². The molecule has 0 bridgehead atoms. The summed E-state index contributed by atoms with van der Waals surface area (Å²) in [5.41, 5.74) is 0.683. The second-order valence-corrected chi connectivity index (χ2v) is 7.32. The second kappa shape index (κ2) is 7.89. The lowest BCUT2D eigenvalue weighted by molar-refractivity contribution is -0.135. The number of benzene rings is 1. The maximum Gasteiger partial charge on any atom is 0.253 e. The molecular formula is C20H28N2O3. The zero-order chi connectivity index (χ0) is 17.8. The van der Waals surface area contributed by atoms with Gasteiger partial charge in [-0.2, -0.15) is 0 Å². The minimum Gasteiger partial charge on any atom is -0.490 e. The van der Waals surface area contributed by atoms with Gasteiger partial charge in [0.25, 0.3) is 5.91 Å². The van der Waals surface area contributed by atoms with Gasteiger partial charge in [0.15, 0.2) is 0 Å². The van der Waals surface area contributed by atoms with E-state index in [9.17, 15) is 9.59 Å². The van der Waals surface area contributed by atoms with Gasteiger partial charge in [0.05, 0.1) is 6.10 Å². The highest BCUT2D eigenvalue weighted by atomic mass is 16.5. The van der Waals surface area contributed by atoms with E-state index in [0.717, 1.165) is 18.6 Å². The Morgan fingerprint density at radius 2 is 1.52 bits per heavy atom. The van der Waals surface area contributed by atoms with Crippen LogP contribution in [-0.2, 0) is 4.79 Å². The first-order chi connectivity index (χ1) is 12.0. The van der Waals surface area contributed by atoms with Crippen molar-refractivity contribution in [2.45, 2.75) is 45.6 Å². The van der Waals surface area contributed by atoms with Crippen molar-refractivity contribution in [3.05, 3.63) is 29.8 Å². The number of rotatable bonds is 4. The van der Waals surface area contributed by atoms with E-state index in [1.54, 1.807) is 0 Å². The molecule has 1 aromatic carbocycles. The standard InChI is InChI=1S/C20H28N2O3/c1-15(2)19(23)21-11-13-22(14-12-21)20(24)16-7-9-18(10-8-16)25-17-5-3-4-6-17/h7-10,15,17H,3-6,11-14H2,1-2H3. The third-order valence-electron chi connectivity index (χ3n) is 5.08. The van der Waals surface area contributed by atoms with Gasteiger partial charge in [0.2, 0.25) is 5.91 Å². The van der Waals surface area contributed by atoms with Gasteiger partial charge in [-0.3, -0.25) is 9.59 Å². The predicted molar refractivity (Wildman–Crippen MR) is 96.6 cm³/mol. The molecule has 1 heterocycles. The minimum atomic E-state index is 0.00895. The molecule has 1 aromatic rings. The first-order valence-electron chi connectivity index (χ1n) is 9.39. The molecule has 3 rings (SSSR count). The third-order valence-corrected chi connectivity index (χ3v) is 5.08. The predicted octanol–water partition coefficient (Wildman–Crippen LogP) is 2.95. The van der Waals surface area contributed by atoms with Crippen LogP contribution in [0.4, 0.5) is 0 Å². The first kappa shape index (κ1) is 17.8. The Labute approximate surface area is 149 Å². The largest absolute Gasteiger partial charge is 0.490 e. The van der Waals surface area contributed by atoms with E-state index in [1.165, 1.54) is 12.8 Å². The number of amides is 2. The molecule has 1 aliphatic heterocycles. The Kier molecular flexibility index (Phi) is 5.61. The molecule has 1 saturated heterocycles. The zero-order valence-electron chi connectivity index (χ0n) is 15.2. The molecule has 2 aliphatic rings. The van der Waals surface area contributed by atoms with Gasteiger partial charge in [-0.25, -0.2) is 0 Å². The Balaban J connectivity index is 1.53. The molecule has 0 radical (unpaired) electrons. The highest BCUT2D eigenvalue weighted by molar-refractivity contribution is 5.94. The molecule has 0 N–H and O–H groups in total. The van der Waals surface area contributed by atoms with Gasteiger partial charge in [-0.15, -0.1) is 0 Å². The number of piperazine rings is 1. The van der Waals surface area contributed by atoms with E-state index < -0.39 is 0 Å². The van der Waals surface area contributed by atoms with Crippen LogP contribution in [0.1, 0.15) is 49.9 Å². The number of nitrogens with zero attached hydrogens (tertiary/aromatic N) is 2. The lowest BCUT2D eigenvalue weighted by Gasteiger charge is -2.35. The Morgan fingerprint density at radius 3 is 2.08 bits per heavy atom. The molecule has 0 spiro atoms. The molecule has 0 atom stereocenters. The van der Waals surface area contributed by atoms with Gasteiger partial charge < -0.3 is 14.5 Å². The molecule has 136 valence electrons. The van der Waals surface area contributed by atoms with Crippen LogP contribution in [0.25, 0.3) is 0 Å². The summed E-state index contributed by atoms with van der Waals surface area (Å²) in [6, 6.07) is 7.48. The van der Waals surface area contributed by atoms with E-state index in [1.807, 2.05) is 47.9 Å². The lowest BCUT2D eigenvalue weighted by Crippen LogP contribution is -2.51. The van der Waals surface area contributed by atoms with Crippen LogP contribution in [0.15, 0.2) is 24.3 Å². The summed E-state index contributed by atoms with van der Waals surface area (Å²) in [7, 11) is 0. The number of hydrogen-bond donors (Lipinski definition) is 0. The van der Waals surface area contributed by atoms with Crippen molar-refractivity contribution in [1.29, 1.82) is 0 Å². The lowest BCUT2D eigenvalue weighted by atomic mass is 10.1. The summed E-state index contributed by atoms with van der Waals surface area (Å²) in [6.07, 6.45) is 5.06. The van der Waals surface area contributed by atoms with Crippen molar-refractivity contribution in [1.82, 2.24) is 9.80 Å². The highest BCUT2D eigenvalue weighted by Crippen LogP contribution is 2.24. The fourth-order valence-corrected chi connectivity index (χ4v) is 3.55. The van der Waals surface area contributed by atoms with Crippen molar-refractivity contribution in [2.75, 3.05) is 26.2 Å². The third kappa shape index (κ3) is 4.33. The SMILES string of the molecule is CC(C)C(=O)N1CCN(C(=O)c2ccc(OC3CCCC3)cc2)CC1. The molecule has 1 aliphatic carbocycles. The van der Waals surface area contributed by atoms with E-state index in [-0.39, 0.29) is 17.7 Å². The van der Waals surface area contributed by atoms with Crippen LogP contribution in [0.5, 0.6) is 5.75 Å². The molecule has 0 aromatic heterocycles. The normalized spacial score (nSPS) is 18.7. The maximum absolute atomic E-state index is 12.6. The molecule has 5 heteroatoms. The van der Waals surface area contributed by atoms with Crippen molar-refractivity contribution >= 4 is 11.8 Å². The van der Waals surface area contributed by atoms with E-state index >= 15 is 0 Å². The fourth-order valence-electron chi connectivity index (χ4n) is 3.55. The van der Waals surface area contributed by atoms with Gasteiger partial charge in [0, 0.05) is 37.7 Å². The van der Waals surface area contributed by atoms with Gasteiger partial charge >= 0.3 is 0 Å². The summed E-state index contributed by atoms with van der Waals surface area (Å²) in [4.78, 5) is 28.4. The van der Waals surface area contributed by atoms with Crippen molar-refractivity contribution in [3.63, 3.8) is 0 Å². The van der Waals surface area contributed by atoms with Gasteiger partial charge in [-0.05, 0) is 49.9 Å². The van der Waals surface area contributed by atoms with Gasteiger partial charge in [-0.1, -0.05) is 13.8 Å². The minimum absolute atomic E-state index is 0.00895. The van der Waals surface area contributed by atoms with Crippen LogP contribution in [0, 0.1) is 5.92 Å². The second-order valence-electron chi connectivity index (χ2n) is 7.32. The zero-order valence-corrected chi connectivity index (χ0v) is 15.2. The molecule has 2 fully saturated rings. The molecular weight excluding hydrogens is 316 g/mol. The van der Waals surface area contributed by atoms with Crippen molar-refractivity contribution in [2.24, 2.45) is 5.92 Å². The van der Waals surface area contributed by atoms with E-state index in [4.69, 9.17) is 4.74 Å². The molecule has 0 unspecified atom stereocenters. The summed E-state index contributed by atoms with van der Waals surface area (Å²) < 4.78 is 5.95. The van der Waals surface area contributed by atoms with Crippen LogP contribution in [-0.4, -0.2) is 53.9 Å². The number of hydrogen-bond acceptors (Lipinski definition) is 3. The molecule has 5 nitrogen and oxygen atoms in total.